The van der Waals surface area contributed by atoms with Crippen LogP contribution in [0, 0.1) is 0 Å². The average Bonchev–Trinajstić information content (AvgIpc) is 2.60. The SMILES string of the molecule is C[C@H](c1cccc2ccccc12)N(C)S(=O)(=O)c1ccccc1. The molecule has 0 aliphatic rings. The third kappa shape index (κ3) is 2.87. The van der Waals surface area contributed by atoms with Gasteiger partial charge in [0, 0.05) is 13.1 Å². The molecule has 0 radical (unpaired) electrons. The van der Waals surface area contributed by atoms with Crippen LogP contribution in [0.25, 0.3) is 10.8 Å². The molecule has 3 nitrogen and oxygen atoms in total. The Bertz CT molecular complexity index is 915. The number of fused-ring (bicyclic) bond motifs is 1. The Morgan fingerprint density at radius 1 is 0.826 bits per heavy atom. The average molecular weight is 325 g/mol. The highest BCUT2D eigenvalue weighted by molar-refractivity contribution is 7.89. The molecule has 0 unspecified atom stereocenters. The van der Waals surface area contributed by atoms with E-state index in [1.807, 2.05) is 55.5 Å². The molecule has 0 saturated carbocycles. The Hall–Kier alpha value is -2.17. The highest BCUT2D eigenvalue weighted by atomic mass is 32.2. The van der Waals surface area contributed by atoms with Gasteiger partial charge in [0.2, 0.25) is 10.0 Å². The normalized spacial score (nSPS) is 13.3. The summed E-state index contributed by atoms with van der Waals surface area (Å²) in [6, 6.07) is 22.3. The second kappa shape index (κ2) is 6.14. The third-order valence-electron chi connectivity index (χ3n) is 4.24. The van der Waals surface area contributed by atoms with Gasteiger partial charge in [0.25, 0.3) is 0 Å². The van der Waals surface area contributed by atoms with Crippen LogP contribution in [0.1, 0.15) is 18.5 Å². The maximum atomic E-state index is 12.8. The Kier molecular flexibility index (Phi) is 4.20. The number of rotatable bonds is 4. The summed E-state index contributed by atoms with van der Waals surface area (Å²) >= 11 is 0. The van der Waals surface area contributed by atoms with Crippen LogP contribution in [0.3, 0.4) is 0 Å². The highest BCUT2D eigenvalue weighted by Gasteiger charge is 2.26. The predicted molar refractivity (Wildman–Crippen MR) is 93.8 cm³/mol. The predicted octanol–water partition coefficient (Wildman–Crippen LogP) is 4.22. The number of nitrogens with zero attached hydrogens (tertiary/aromatic N) is 1. The van der Waals surface area contributed by atoms with E-state index < -0.39 is 10.0 Å². The van der Waals surface area contributed by atoms with Crippen LogP contribution in [0.5, 0.6) is 0 Å². The topological polar surface area (TPSA) is 37.4 Å². The van der Waals surface area contributed by atoms with E-state index >= 15 is 0 Å². The fraction of sp³-hybridized carbons (Fsp3) is 0.158. The van der Waals surface area contributed by atoms with E-state index in [2.05, 4.69) is 0 Å². The molecular formula is C19H19NO2S. The standard InChI is InChI=1S/C19H19NO2S/c1-15(18-14-8-10-16-9-6-7-13-19(16)18)20(2)23(21,22)17-11-4-3-5-12-17/h3-15H,1-2H3/t15-/m1/s1. The van der Waals surface area contributed by atoms with Crippen LogP contribution in [0.4, 0.5) is 0 Å². The summed E-state index contributed by atoms with van der Waals surface area (Å²) in [5.41, 5.74) is 1.00. The highest BCUT2D eigenvalue weighted by Crippen LogP contribution is 2.30. The van der Waals surface area contributed by atoms with Gasteiger partial charge in [-0.25, -0.2) is 8.42 Å². The maximum Gasteiger partial charge on any atom is 0.243 e. The summed E-state index contributed by atoms with van der Waals surface area (Å²) in [5, 5.41) is 2.19. The van der Waals surface area contributed by atoms with Crippen molar-refractivity contribution in [2.75, 3.05) is 7.05 Å². The van der Waals surface area contributed by atoms with Gasteiger partial charge in [0.1, 0.15) is 0 Å². The summed E-state index contributed by atoms with van der Waals surface area (Å²) in [4.78, 5) is 0.314. The van der Waals surface area contributed by atoms with Crippen molar-refractivity contribution in [1.29, 1.82) is 0 Å². The lowest BCUT2D eigenvalue weighted by Gasteiger charge is -2.25. The summed E-state index contributed by atoms with van der Waals surface area (Å²) in [6.07, 6.45) is 0. The first kappa shape index (κ1) is 15.7. The number of hydrogen-bond donors (Lipinski definition) is 0. The number of hydrogen-bond acceptors (Lipinski definition) is 2. The molecular weight excluding hydrogens is 306 g/mol. The molecule has 23 heavy (non-hydrogen) atoms. The summed E-state index contributed by atoms with van der Waals surface area (Å²) in [7, 11) is -1.89. The monoisotopic (exact) mass is 325 g/mol. The van der Waals surface area contributed by atoms with E-state index in [1.54, 1.807) is 31.3 Å². The Balaban J connectivity index is 2.04. The van der Waals surface area contributed by atoms with Gasteiger partial charge in [0.05, 0.1) is 4.90 Å². The molecule has 0 bridgehead atoms. The fourth-order valence-corrected chi connectivity index (χ4v) is 4.14. The van der Waals surface area contributed by atoms with Crippen molar-refractivity contribution in [3.63, 3.8) is 0 Å². The van der Waals surface area contributed by atoms with Crippen LogP contribution >= 0.6 is 0 Å². The van der Waals surface area contributed by atoms with Crippen LogP contribution in [0.15, 0.2) is 77.7 Å². The minimum atomic E-state index is -3.52. The lowest BCUT2D eigenvalue weighted by Crippen LogP contribution is -2.29. The van der Waals surface area contributed by atoms with Gasteiger partial charge in [-0.2, -0.15) is 4.31 Å². The molecule has 0 aliphatic heterocycles. The molecule has 0 aliphatic carbocycles. The smallest absolute Gasteiger partial charge is 0.207 e. The van der Waals surface area contributed by atoms with E-state index in [9.17, 15) is 8.42 Å². The van der Waals surface area contributed by atoms with Gasteiger partial charge in [-0.15, -0.1) is 0 Å². The molecule has 0 N–H and O–H groups in total. The first-order valence-corrected chi connectivity index (χ1v) is 8.96. The molecule has 0 saturated heterocycles. The Morgan fingerprint density at radius 2 is 1.43 bits per heavy atom. The van der Waals surface area contributed by atoms with E-state index in [0.717, 1.165) is 16.3 Å². The van der Waals surface area contributed by atoms with E-state index in [4.69, 9.17) is 0 Å². The summed E-state index contributed by atoms with van der Waals surface area (Å²) < 4.78 is 27.1. The van der Waals surface area contributed by atoms with Gasteiger partial charge < -0.3 is 0 Å². The van der Waals surface area contributed by atoms with E-state index in [0.29, 0.717) is 4.90 Å². The molecule has 3 aromatic carbocycles. The zero-order valence-corrected chi connectivity index (χ0v) is 14.0. The minimum absolute atomic E-state index is 0.258. The molecule has 4 heteroatoms. The Morgan fingerprint density at radius 3 is 2.17 bits per heavy atom. The molecule has 0 amide bonds. The van der Waals surface area contributed by atoms with Crippen LogP contribution in [-0.2, 0) is 10.0 Å². The minimum Gasteiger partial charge on any atom is -0.207 e. The number of benzene rings is 3. The molecule has 0 fully saturated rings. The van der Waals surface area contributed by atoms with Gasteiger partial charge in [-0.05, 0) is 35.4 Å². The van der Waals surface area contributed by atoms with Crippen LogP contribution in [0.2, 0.25) is 0 Å². The molecule has 3 rings (SSSR count). The van der Waals surface area contributed by atoms with Crippen molar-refractivity contribution in [3.8, 4) is 0 Å². The van der Waals surface area contributed by atoms with Crippen molar-refractivity contribution in [2.24, 2.45) is 0 Å². The third-order valence-corrected chi connectivity index (χ3v) is 6.18. The van der Waals surface area contributed by atoms with E-state index in [1.165, 1.54) is 4.31 Å². The van der Waals surface area contributed by atoms with Gasteiger partial charge >= 0.3 is 0 Å². The Labute approximate surface area is 137 Å². The zero-order chi connectivity index (χ0) is 16.4. The van der Waals surface area contributed by atoms with Crippen molar-refractivity contribution in [3.05, 3.63) is 78.4 Å². The first-order chi connectivity index (χ1) is 11.0. The zero-order valence-electron chi connectivity index (χ0n) is 13.2. The molecule has 118 valence electrons. The van der Waals surface area contributed by atoms with Gasteiger partial charge in [-0.1, -0.05) is 60.7 Å². The van der Waals surface area contributed by atoms with Crippen LogP contribution in [-0.4, -0.2) is 19.8 Å². The summed E-state index contributed by atoms with van der Waals surface area (Å²) in [5.74, 6) is 0. The van der Waals surface area contributed by atoms with Crippen molar-refractivity contribution >= 4 is 20.8 Å². The largest absolute Gasteiger partial charge is 0.243 e. The van der Waals surface area contributed by atoms with Gasteiger partial charge in [0.15, 0.2) is 0 Å². The van der Waals surface area contributed by atoms with Crippen LogP contribution < -0.4 is 0 Å². The maximum absolute atomic E-state index is 12.8. The fourth-order valence-electron chi connectivity index (χ4n) is 2.78. The molecule has 3 aromatic rings. The second-order valence-electron chi connectivity index (χ2n) is 5.58. The lowest BCUT2D eigenvalue weighted by molar-refractivity contribution is 0.400. The van der Waals surface area contributed by atoms with Gasteiger partial charge in [-0.3, -0.25) is 0 Å². The molecule has 0 aromatic heterocycles. The van der Waals surface area contributed by atoms with E-state index in [-0.39, 0.29) is 6.04 Å². The van der Waals surface area contributed by atoms with Crippen molar-refractivity contribution in [1.82, 2.24) is 4.31 Å². The van der Waals surface area contributed by atoms with Crippen molar-refractivity contribution in [2.45, 2.75) is 17.9 Å². The lowest BCUT2D eigenvalue weighted by atomic mass is 10.00. The molecule has 0 heterocycles. The first-order valence-electron chi connectivity index (χ1n) is 7.52. The van der Waals surface area contributed by atoms with Crippen molar-refractivity contribution < 1.29 is 8.42 Å². The molecule has 1 atom stereocenters. The number of sulfonamides is 1. The molecule has 0 spiro atoms. The summed E-state index contributed by atoms with van der Waals surface area (Å²) in [6.45, 7) is 1.92. The quantitative estimate of drug-likeness (QED) is 0.720. The second-order valence-corrected chi connectivity index (χ2v) is 7.58.